The van der Waals surface area contributed by atoms with Gasteiger partial charge in [-0.25, -0.2) is 0 Å². The van der Waals surface area contributed by atoms with Crippen molar-refractivity contribution < 1.29 is 0 Å². The summed E-state index contributed by atoms with van der Waals surface area (Å²) in [7, 11) is 0. The molecule has 7 aromatic carbocycles. The second-order valence-corrected chi connectivity index (χ2v) is 29.9. The zero-order chi connectivity index (χ0) is 53.6. The largest absolute Gasteiger partial charge is 0.311 e. The SMILES string of the molecule is CC(C)(C)c1ccc(N2c3cc(N(c4ccccc4)c4ccccc4)cc4c3B(c3cc5c(cc3N4c3ccc4c(c3)C(C)(C)CCC4(C)C)C(C)(C)CCC5(C)C)c3c2sc2cc4c(cc32)C2(C)CCC4(C)CC2)cc1. The fraction of sp³-hybridized carbons (Fsp3) is 0.389. The molecule has 1 fully saturated rings. The molecule has 3 heterocycles. The van der Waals surface area contributed by atoms with Gasteiger partial charge in [0, 0.05) is 44.5 Å². The number of rotatable bonds is 5. The maximum Gasteiger partial charge on any atom is 0.254 e. The summed E-state index contributed by atoms with van der Waals surface area (Å²) >= 11 is 2.04. The van der Waals surface area contributed by atoms with Crippen LogP contribution in [0.3, 0.4) is 0 Å². The quantitative estimate of drug-likeness (QED) is 0.159. The summed E-state index contributed by atoms with van der Waals surface area (Å²) in [5.74, 6) is 0. The van der Waals surface area contributed by atoms with E-state index in [1.807, 2.05) is 11.3 Å². The van der Waals surface area contributed by atoms with Crippen molar-refractivity contribution in [2.24, 2.45) is 0 Å². The van der Waals surface area contributed by atoms with Gasteiger partial charge in [-0.2, -0.15) is 0 Å². The van der Waals surface area contributed by atoms with E-state index >= 15 is 0 Å². The molecule has 0 atom stereocenters. The van der Waals surface area contributed by atoms with Crippen molar-refractivity contribution in [3.63, 3.8) is 0 Å². The highest BCUT2D eigenvalue weighted by atomic mass is 32.1. The molecule has 7 aliphatic rings. The van der Waals surface area contributed by atoms with Crippen molar-refractivity contribution in [1.82, 2.24) is 0 Å². The molecule has 77 heavy (non-hydrogen) atoms. The Hall–Kier alpha value is -6.04. The van der Waals surface area contributed by atoms with Gasteiger partial charge in [0.2, 0.25) is 0 Å². The van der Waals surface area contributed by atoms with Gasteiger partial charge in [0.1, 0.15) is 0 Å². The molecule has 1 aromatic heterocycles. The van der Waals surface area contributed by atoms with E-state index in [-0.39, 0.29) is 44.6 Å². The minimum Gasteiger partial charge on any atom is -0.311 e. The number of para-hydroxylation sites is 2. The lowest BCUT2D eigenvalue weighted by Gasteiger charge is -2.52. The second-order valence-electron chi connectivity index (χ2n) is 28.9. The predicted molar refractivity (Wildman–Crippen MR) is 333 cm³/mol. The normalized spacial score (nSPS) is 22.6. The fourth-order valence-corrected chi connectivity index (χ4v) is 16.9. The Balaban J connectivity index is 1.15. The molecule has 3 nitrogen and oxygen atoms in total. The summed E-state index contributed by atoms with van der Waals surface area (Å²) in [6.07, 6.45) is 9.77. The minimum absolute atomic E-state index is 0.00240. The van der Waals surface area contributed by atoms with Crippen LogP contribution in [0.1, 0.15) is 180 Å². The van der Waals surface area contributed by atoms with E-state index in [2.05, 4.69) is 244 Å². The Labute approximate surface area is 464 Å². The van der Waals surface area contributed by atoms with E-state index in [1.165, 1.54) is 133 Å². The highest BCUT2D eigenvalue weighted by Crippen LogP contribution is 2.59. The van der Waals surface area contributed by atoms with Gasteiger partial charge in [0.15, 0.2) is 0 Å². The van der Waals surface area contributed by atoms with Crippen molar-refractivity contribution in [1.29, 1.82) is 0 Å². The predicted octanol–water partition coefficient (Wildman–Crippen LogP) is 18.6. The highest BCUT2D eigenvalue weighted by Gasteiger charge is 2.52. The van der Waals surface area contributed by atoms with Crippen molar-refractivity contribution in [2.45, 2.75) is 179 Å². The molecular weight excluding hydrogens is 950 g/mol. The molecule has 8 aromatic rings. The summed E-state index contributed by atoms with van der Waals surface area (Å²) in [4.78, 5) is 7.97. The van der Waals surface area contributed by atoms with Gasteiger partial charge in [0.25, 0.3) is 6.71 Å². The first kappa shape index (κ1) is 49.3. The van der Waals surface area contributed by atoms with Crippen molar-refractivity contribution >= 4 is 95.0 Å². The van der Waals surface area contributed by atoms with Crippen molar-refractivity contribution in [2.75, 3.05) is 14.7 Å². The molecular formula is C72H78BN3S. The summed E-state index contributed by atoms with van der Waals surface area (Å²) in [5, 5.41) is 2.81. The van der Waals surface area contributed by atoms with Gasteiger partial charge >= 0.3 is 0 Å². The van der Waals surface area contributed by atoms with E-state index in [0.717, 1.165) is 23.5 Å². The van der Waals surface area contributed by atoms with Gasteiger partial charge in [-0.15, -0.1) is 11.3 Å². The van der Waals surface area contributed by atoms with Crippen molar-refractivity contribution in [3.8, 4) is 0 Å². The number of thiophene rings is 1. The number of nitrogens with zero attached hydrogens (tertiary/aromatic N) is 3. The monoisotopic (exact) mass is 1030 g/mol. The number of benzene rings is 7. The van der Waals surface area contributed by atoms with Gasteiger partial charge in [0.05, 0.1) is 10.7 Å². The molecule has 0 amide bonds. The fourth-order valence-electron chi connectivity index (χ4n) is 15.6. The smallest absolute Gasteiger partial charge is 0.254 e. The van der Waals surface area contributed by atoms with E-state index in [0.29, 0.717) is 0 Å². The third-order valence-corrected chi connectivity index (χ3v) is 22.1. The summed E-state index contributed by atoms with van der Waals surface area (Å²) in [6, 6.07) is 55.5. The average molecular weight is 1030 g/mol. The first-order chi connectivity index (χ1) is 36.5. The molecule has 390 valence electrons. The Morgan fingerprint density at radius 1 is 0.429 bits per heavy atom. The molecule has 1 saturated carbocycles. The van der Waals surface area contributed by atoms with E-state index in [1.54, 1.807) is 11.1 Å². The zero-order valence-electron chi connectivity index (χ0n) is 48.3. The summed E-state index contributed by atoms with van der Waals surface area (Å²) in [5.41, 5.74) is 25.3. The van der Waals surface area contributed by atoms with Crippen LogP contribution in [0.2, 0.25) is 0 Å². The van der Waals surface area contributed by atoms with Crippen LogP contribution in [-0.2, 0) is 37.9 Å². The first-order valence-corrected chi connectivity index (χ1v) is 30.0. The van der Waals surface area contributed by atoms with Gasteiger partial charge < -0.3 is 14.7 Å². The first-order valence-electron chi connectivity index (χ1n) is 29.2. The zero-order valence-corrected chi connectivity index (χ0v) is 49.1. The van der Waals surface area contributed by atoms with Crippen LogP contribution in [0.25, 0.3) is 10.1 Å². The van der Waals surface area contributed by atoms with Gasteiger partial charge in [-0.3, -0.25) is 0 Å². The molecule has 0 radical (unpaired) electrons. The number of anilines is 9. The Kier molecular flexibility index (Phi) is 10.4. The van der Waals surface area contributed by atoms with Crippen LogP contribution in [-0.4, -0.2) is 6.71 Å². The Bertz CT molecular complexity index is 3690. The van der Waals surface area contributed by atoms with E-state index in [9.17, 15) is 0 Å². The number of hydrogen-bond acceptors (Lipinski definition) is 4. The van der Waals surface area contributed by atoms with E-state index < -0.39 is 0 Å². The second kappa shape index (κ2) is 16.3. The molecule has 5 aliphatic carbocycles. The summed E-state index contributed by atoms with van der Waals surface area (Å²) < 4.78 is 1.43. The standard InChI is InChI=1S/C72H78BN3S/c1-66(2,3)45-24-26-48(27-25-45)76-61-40-50(74(46-20-16-14-17-21-46)47-22-18-15-19-23-47)39-60-64(61)73(63-51-41-56-57(44-62(51)77-65(63)76)72(13)36-34-71(56,12)35-37-72)58-42-54-55(70(10,11)33-32-69(54,8)9)43-59(58)75(60)49-28-29-52-53(38-49)68(6,7)31-30-67(52,4)5/h14-29,38-44H,30-37H2,1-13H3. The van der Waals surface area contributed by atoms with Crippen LogP contribution in [0.4, 0.5) is 50.5 Å². The van der Waals surface area contributed by atoms with Crippen LogP contribution >= 0.6 is 11.3 Å². The molecule has 2 aliphatic heterocycles. The maximum absolute atomic E-state index is 2.75. The molecule has 5 heteroatoms. The highest BCUT2D eigenvalue weighted by molar-refractivity contribution is 7.26. The summed E-state index contributed by atoms with van der Waals surface area (Å²) in [6.45, 7) is 32.1. The minimum atomic E-state index is -0.00240. The molecule has 0 spiro atoms. The van der Waals surface area contributed by atoms with Crippen LogP contribution < -0.4 is 31.1 Å². The Morgan fingerprint density at radius 2 is 0.922 bits per heavy atom. The lowest BCUT2D eigenvalue weighted by atomic mass is 9.33. The molecule has 0 saturated heterocycles. The van der Waals surface area contributed by atoms with E-state index in [4.69, 9.17) is 0 Å². The molecule has 0 unspecified atom stereocenters. The van der Waals surface area contributed by atoms with Crippen LogP contribution in [0.5, 0.6) is 0 Å². The molecule has 15 rings (SSSR count). The third kappa shape index (κ3) is 7.26. The van der Waals surface area contributed by atoms with Crippen molar-refractivity contribution in [3.05, 3.63) is 178 Å². The lowest BCUT2D eigenvalue weighted by molar-refractivity contribution is 0.188. The maximum atomic E-state index is 2.75. The van der Waals surface area contributed by atoms with Crippen LogP contribution in [0, 0.1) is 0 Å². The average Bonchev–Trinajstić information content (AvgIpc) is 4.06. The topological polar surface area (TPSA) is 9.72 Å². The third-order valence-electron chi connectivity index (χ3n) is 20.9. The molecule has 2 bridgehead atoms. The van der Waals surface area contributed by atoms with Gasteiger partial charge in [-0.05, 0) is 229 Å². The number of hydrogen-bond donors (Lipinski definition) is 0. The number of fused-ring (bicyclic) bond motifs is 10. The van der Waals surface area contributed by atoms with Gasteiger partial charge in [-0.1, -0.05) is 151 Å². The van der Waals surface area contributed by atoms with Crippen LogP contribution in [0.15, 0.2) is 140 Å². The Morgan fingerprint density at radius 3 is 1.48 bits per heavy atom. The molecule has 0 N–H and O–H groups in total. The lowest BCUT2D eigenvalue weighted by Crippen LogP contribution is -2.61.